The van der Waals surface area contributed by atoms with Crippen molar-refractivity contribution in [2.24, 2.45) is 10.9 Å². The van der Waals surface area contributed by atoms with E-state index in [-0.39, 0.29) is 21.3 Å². The molecule has 7 nitrogen and oxygen atoms in total. The first-order valence-electron chi connectivity index (χ1n) is 10.6. The van der Waals surface area contributed by atoms with Crippen molar-refractivity contribution < 1.29 is 13.6 Å². The molecular formula is C22H28F2N6OS. The van der Waals surface area contributed by atoms with Crippen LogP contribution in [0.1, 0.15) is 43.1 Å². The van der Waals surface area contributed by atoms with E-state index in [1.807, 2.05) is 0 Å². The van der Waals surface area contributed by atoms with Crippen molar-refractivity contribution in [3.05, 3.63) is 35.5 Å². The van der Waals surface area contributed by atoms with Crippen LogP contribution in [0, 0.1) is 23.0 Å². The molecule has 10 heteroatoms. The molecule has 2 unspecified atom stereocenters. The second kappa shape index (κ2) is 10.6. The van der Waals surface area contributed by atoms with Gasteiger partial charge in [-0.15, -0.1) is 0 Å². The summed E-state index contributed by atoms with van der Waals surface area (Å²) in [6.07, 6.45) is 5.45. The van der Waals surface area contributed by atoms with Crippen LogP contribution in [0.4, 0.5) is 13.8 Å². The predicted molar refractivity (Wildman–Crippen MR) is 124 cm³/mol. The highest BCUT2D eigenvalue weighted by Crippen LogP contribution is 2.33. The summed E-state index contributed by atoms with van der Waals surface area (Å²) < 4.78 is 28.2. The van der Waals surface area contributed by atoms with Gasteiger partial charge in [-0.05, 0) is 37.3 Å². The fraction of sp³-hybridized carbons (Fsp3) is 0.455. The molecule has 1 aromatic heterocycles. The first kappa shape index (κ1) is 23.8. The summed E-state index contributed by atoms with van der Waals surface area (Å²) in [4.78, 5) is 23.5. The molecule has 2 atom stereocenters. The number of hydrogen-bond donors (Lipinski definition) is 3. The summed E-state index contributed by atoms with van der Waals surface area (Å²) >= 11 is 0.835. The van der Waals surface area contributed by atoms with E-state index in [0.717, 1.165) is 68.5 Å². The van der Waals surface area contributed by atoms with Gasteiger partial charge in [0.25, 0.3) is 5.91 Å². The fourth-order valence-electron chi connectivity index (χ4n) is 3.97. The van der Waals surface area contributed by atoms with Crippen molar-refractivity contribution in [2.45, 2.75) is 38.6 Å². The Hall–Kier alpha value is -2.88. The van der Waals surface area contributed by atoms with Gasteiger partial charge in [0.1, 0.15) is 33.5 Å². The quantitative estimate of drug-likeness (QED) is 0.446. The number of nitrogens with zero attached hydrogens (tertiary/aromatic N) is 3. The summed E-state index contributed by atoms with van der Waals surface area (Å²) in [7, 11) is 1.64. The van der Waals surface area contributed by atoms with Gasteiger partial charge in [-0.2, -0.15) is 0 Å². The van der Waals surface area contributed by atoms with Crippen LogP contribution in [-0.2, 0) is 0 Å². The smallest absolute Gasteiger partial charge is 0.273 e. The molecule has 1 fully saturated rings. The van der Waals surface area contributed by atoms with Crippen LogP contribution < -0.4 is 11.1 Å². The first-order chi connectivity index (χ1) is 15.4. The standard InChI is InChI=1S/C22H28F2N6OS/c1-3-13-6-5-10-30(11-9-13)20(27-2)16(12-25)28-21(31)18-19(26)32-22(29-18)17-14(23)7-4-8-15(17)24/h4,7-8,12-13,16,25H,3,5-6,9-11,26H2,1-2H3,(H,28,31). The summed E-state index contributed by atoms with van der Waals surface area (Å²) in [5.74, 6) is -0.930. The summed E-state index contributed by atoms with van der Waals surface area (Å²) in [5, 5.41) is 10.6. The number of carbonyl (C=O) groups excluding carboxylic acids is 1. The van der Waals surface area contributed by atoms with Crippen LogP contribution >= 0.6 is 11.3 Å². The molecule has 32 heavy (non-hydrogen) atoms. The number of thiazole rings is 1. The van der Waals surface area contributed by atoms with Crippen LogP contribution in [0.2, 0.25) is 0 Å². The van der Waals surface area contributed by atoms with Gasteiger partial charge in [0.2, 0.25) is 0 Å². The van der Waals surface area contributed by atoms with Gasteiger partial charge in [-0.25, -0.2) is 13.8 Å². The van der Waals surface area contributed by atoms with Gasteiger partial charge >= 0.3 is 0 Å². The van der Waals surface area contributed by atoms with Crippen LogP contribution in [0.5, 0.6) is 0 Å². The maximum absolute atomic E-state index is 14.1. The van der Waals surface area contributed by atoms with Gasteiger partial charge in [0.15, 0.2) is 5.69 Å². The summed E-state index contributed by atoms with van der Waals surface area (Å²) in [5.41, 5.74) is 5.50. The van der Waals surface area contributed by atoms with Gasteiger partial charge in [-0.1, -0.05) is 30.7 Å². The Morgan fingerprint density at radius 3 is 2.75 bits per heavy atom. The number of nitrogens with one attached hydrogen (secondary N) is 2. The van der Waals surface area contributed by atoms with Gasteiger partial charge in [0, 0.05) is 26.4 Å². The Morgan fingerprint density at radius 2 is 2.12 bits per heavy atom. The molecule has 0 radical (unpaired) electrons. The number of aromatic nitrogens is 1. The van der Waals surface area contributed by atoms with Gasteiger partial charge < -0.3 is 21.4 Å². The van der Waals surface area contributed by atoms with Crippen LogP contribution in [0.15, 0.2) is 23.2 Å². The number of carbonyl (C=O) groups is 1. The molecule has 1 aliphatic rings. The average molecular weight is 463 g/mol. The van der Waals surface area contributed by atoms with E-state index < -0.39 is 23.6 Å². The number of nitrogen functional groups attached to an aromatic ring is 1. The molecule has 172 valence electrons. The molecule has 3 rings (SSSR count). The molecule has 2 heterocycles. The number of amidine groups is 1. The Morgan fingerprint density at radius 1 is 1.41 bits per heavy atom. The third-order valence-electron chi connectivity index (χ3n) is 5.75. The lowest BCUT2D eigenvalue weighted by Crippen LogP contribution is -2.50. The molecule has 0 spiro atoms. The molecule has 1 aromatic carbocycles. The van der Waals surface area contributed by atoms with Gasteiger partial charge in [0.05, 0.1) is 5.56 Å². The van der Waals surface area contributed by atoms with Crippen molar-refractivity contribution in [3.8, 4) is 10.6 Å². The number of hydrogen-bond acceptors (Lipinski definition) is 6. The van der Waals surface area contributed by atoms with E-state index in [2.05, 4.69) is 27.1 Å². The Balaban J connectivity index is 1.79. The van der Waals surface area contributed by atoms with Crippen molar-refractivity contribution in [1.82, 2.24) is 15.2 Å². The lowest BCUT2D eigenvalue weighted by Gasteiger charge is -2.28. The molecular weight excluding hydrogens is 434 g/mol. The largest absolute Gasteiger partial charge is 0.389 e. The second-order valence-corrected chi connectivity index (χ2v) is 8.75. The predicted octanol–water partition coefficient (Wildman–Crippen LogP) is 3.96. The minimum atomic E-state index is -0.782. The van der Waals surface area contributed by atoms with Crippen molar-refractivity contribution in [3.63, 3.8) is 0 Å². The van der Waals surface area contributed by atoms with Crippen molar-refractivity contribution in [1.29, 1.82) is 5.41 Å². The maximum atomic E-state index is 14.1. The van der Waals surface area contributed by atoms with Gasteiger partial charge in [-0.3, -0.25) is 9.79 Å². The first-order valence-corrected chi connectivity index (χ1v) is 11.4. The maximum Gasteiger partial charge on any atom is 0.273 e. The summed E-state index contributed by atoms with van der Waals surface area (Å²) in [6.45, 7) is 3.80. The van der Waals surface area contributed by atoms with Crippen molar-refractivity contribution >= 4 is 34.3 Å². The number of nitrogens with two attached hydrogens (primary N) is 1. The number of likely N-dealkylation sites (tertiary alicyclic amines) is 1. The molecule has 1 aliphatic heterocycles. The Bertz CT molecular complexity index is 988. The van der Waals surface area contributed by atoms with Crippen molar-refractivity contribution in [2.75, 3.05) is 25.9 Å². The van der Waals surface area contributed by atoms with E-state index in [4.69, 9.17) is 11.1 Å². The second-order valence-electron chi connectivity index (χ2n) is 7.72. The molecule has 0 bridgehead atoms. The number of anilines is 1. The van der Waals surface area contributed by atoms with E-state index in [1.54, 1.807) is 7.05 Å². The van der Waals surface area contributed by atoms with Crippen LogP contribution in [-0.4, -0.2) is 54.0 Å². The summed E-state index contributed by atoms with van der Waals surface area (Å²) in [6, 6.07) is 2.73. The number of benzene rings is 1. The zero-order valence-electron chi connectivity index (χ0n) is 18.2. The number of amides is 1. The van der Waals surface area contributed by atoms with E-state index in [0.29, 0.717) is 11.8 Å². The molecule has 0 saturated carbocycles. The Labute approximate surface area is 190 Å². The fourth-order valence-corrected chi connectivity index (χ4v) is 4.85. The van der Waals surface area contributed by atoms with E-state index in [1.165, 1.54) is 6.07 Å². The third kappa shape index (κ3) is 5.12. The minimum Gasteiger partial charge on any atom is -0.389 e. The van der Waals surface area contributed by atoms with Crippen LogP contribution in [0.25, 0.3) is 10.6 Å². The molecule has 4 N–H and O–H groups in total. The van der Waals surface area contributed by atoms with Crippen LogP contribution in [0.3, 0.4) is 0 Å². The zero-order valence-corrected chi connectivity index (χ0v) is 19.0. The molecule has 2 aromatic rings. The molecule has 0 aliphatic carbocycles. The number of aliphatic imine (C=N–C) groups is 1. The van der Waals surface area contributed by atoms with E-state index >= 15 is 0 Å². The molecule has 1 amide bonds. The highest BCUT2D eigenvalue weighted by Gasteiger charge is 2.27. The topological polar surface area (TPSA) is 107 Å². The van der Waals surface area contributed by atoms with E-state index in [9.17, 15) is 13.6 Å². The minimum absolute atomic E-state index is 0.0165. The SMILES string of the molecule is CCC1CCCN(C(=NC)C(C=N)NC(=O)c2nc(-c3c(F)cccc3F)sc2N)CC1. The normalized spacial score (nSPS) is 18.2. The lowest BCUT2D eigenvalue weighted by atomic mass is 9.98. The molecule has 1 saturated heterocycles. The third-order valence-corrected chi connectivity index (χ3v) is 6.66. The Kier molecular flexibility index (Phi) is 7.89. The monoisotopic (exact) mass is 462 g/mol. The highest BCUT2D eigenvalue weighted by atomic mass is 32.1. The zero-order chi connectivity index (χ0) is 23.3. The average Bonchev–Trinajstić information content (AvgIpc) is 3.00. The number of rotatable bonds is 6. The highest BCUT2D eigenvalue weighted by molar-refractivity contribution is 7.19. The lowest BCUT2D eigenvalue weighted by molar-refractivity contribution is 0.0949. The number of halogens is 2.